The minimum absolute atomic E-state index is 0.0887. The Bertz CT molecular complexity index is 569. The molecule has 0 aliphatic heterocycles. The Morgan fingerprint density at radius 1 is 1.32 bits per heavy atom. The summed E-state index contributed by atoms with van der Waals surface area (Å²) in [7, 11) is 0. The number of hydrogen-bond donors (Lipinski definition) is 2. The minimum Gasteiger partial charge on any atom is -0.271 e. The predicted molar refractivity (Wildman–Crippen MR) is 78.9 cm³/mol. The molecule has 0 saturated heterocycles. The van der Waals surface area contributed by atoms with Gasteiger partial charge in [-0.3, -0.25) is 16.3 Å². The quantitative estimate of drug-likeness (QED) is 0.666. The van der Waals surface area contributed by atoms with E-state index in [-0.39, 0.29) is 6.04 Å². The SMILES string of the molecule is Cc1ccc(C)c(CC(NN)c2ncccc2Cl)c1. The van der Waals surface area contributed by atoms with Gasteiger partial charge in [0.15, 0.2) is 0 Å². The van der Waals surface area contributed by atoms with Crippen molar-refractivity contribution in [2.75, 3.05) is 0 Å². The highest BCUT2D eigenvalue weighted by molar-refractivity contribution is 6.31. The Morgan fingerprint density at radius 3 is 2.79 bits per heavy atom. The van der Waals surface area contributed by atoms with E-state index in [0.29, 0.717) is 5.02 Å². The van der Waals surface area contributed by atoms with Crippen LogP contribution in [0.1, 0.15) is 28.4 Å². The van der Waals surface area contributed by atoms with Crippen molar-refractivity contribution in [3.63, 3.8) is 0 Å². The first kappa shape index (κ1) is 14.0. The van der Waals surface area contributed by atoms with Crippen LogP contribution in [0.2, 0.25) is 5.02 Å². The van der Waals surface area contributed by atoms with E-state index in [4.69, 9.17) is 17.4 Å². The van der Waals surface area contributed by atoms with Crippen LogP contribution < -0.4 is 11.3 Å². The van der Waals surface area contributed by atoms with Crippen molar-refractivity contribution in [3.05, 3.63) is 63.9 Å². The number of pyridine rings is 1. The maximum Gasteiger partial charge on any atom is 0.0775 e. The van der Waals surface area contributed by atoms with Gasteiger partial charge in [0.1, 0.15) is 0 Å². The van der Waals surface area contributed by atoms with Crippen molar-refractivity contribution in [3.8, 4) is 0 Å². The van der Waals surface area contributed by atoms with Gasteiger partial charge in [-0.2, -0.15) is 0 Å². The van der Waals surface area contributed by atoms with E-state index in [1.54, 1.807) is 6.20 Å². The molecule has 0 aliphatic rings. The number of nitrogens with two attached hydrogens (primary N) is 1. The third-order valence-electron chi connectivity index (χ3n) is 3.25. The van der Waals surface area contributed by atoms with Crippen LogP contribution in [0.15, 0.2) is 36.5 Å². The van der Waals surface area contributed by atoms with Crippen LogP contribution in [0, 0.1) is 13.8 Å². The number of nitrogens with one attached hydrogen (secondary N) is 1. The fraction of sp³-hybridized carbons (Fsp3) is 0.267. The molecule has 2 aromatic rings. The monoisotopic (exact) mass is 275 g/mol. The summed E-state index contributed by atoms with van der Waals surface area (Å²) in [4.78, 5) is 4.32. The first-order chi connectivity index (χ1) is 9.11. The van der Waals surface area contributed by atoms with Gasteiger partial charge in [0.25, 0.3) is 0 Å². The number of hydrogen-bond acceptors (Lipinski definition) is 3. The van der Waals surface area contributed by atoms with Gasteiger partial charge in [0.05, 0.1) is 16.8 Å². The summed E-state index contributed by atoms with van der Waals surface area (Å²) in [5.41, 5.74) is 7.33. The Kier molecular flexibility index (Phi) is 4.53. The molecule has 1 aromatic carbocycles. The van der Waals surface area contributed by atoms with Crippen LogP contribution in [0.5, 0.6) is 0 Å². The molecule has 100 valence electrons. The van der Waals surface area contributed by atoms with Gasteiger partial charge in [-0.05, 0) is 43.5 Å². The fourth-order valence-corrected chi connectivity index (χ4v) is 2.38. The topological polar surface area (TPSA) is 50.9 Å². The van der Waals surface area contributed by atoms with Crippen molar-refractivity contribution >= 4 is 11.6 Å². The molecule has 1 heterocycles. The van der Waals surface area contributed by atoms with Gasteiger partial charge >= 0.3 is 0 Å². The van der Waals surface area contributed by atoms with E-state index in [9.17, 15) is 0 Å². The van der Waals surface area contributed by atoms with E-state index in [1.807, 2.05) is 12.1 Å². The Morgan fingerprint density at radius 2 is 2.11 bits per heavy atom. The summed E-state index contributed by atoms with van der Waals surface area (Å²) < 4.78 is 0. The maximum atomic E-state index is 6.18. The zero-order valence-corrected chi connectivity index (χ0v) is 11.9. The van der Waals surface area contributed by atoms with E-state index in [0.717, 1.165) is 12.1 Å². The summed E-state index contributed by atoms with van der Waals surface area (Å²) in [6.07, 6.45) is 2.50. The normalized spacial score (nSPS) is 12.4. The van der Waals surface area contributed by atoms with Crippen LogP contribution in [-0.2, 0) is 6.42 Å². The molecule has 0 radical (unpaired) electrons. The van der Waals surface area contributed by atoms with E-state index >= 15 is 0 Å². The van der Waals surface area contributed by atoms with Crippen LogP contribution in [-0.4, -0.2) is 4.98 Å². The molecule has 0 spiro atoms. The zero-order chi connectivity index (χ0) is 13.8. The molecule has 2 rings (SSSR count). The fourth-order valence-electron chi connectivity index (χ4n) is 2.13. The van der Waals surface area contributed by atoms with Gasteiger partial charge in [0, 0.05) is 6.20 Å². The van der Waals surface area contributed by atoms with Crippen molar-refractivity contribution in [2.45, 2.75) is 26.3 Å². The molecule has 0 fully saturated rings. The number of nitrogens with zero attached hydrogens (tertiary/aromatic N) is 1. The Labute approximate surface area is 118 Å². The molecule has 1 atom stereocenters. The average molecular weight is 276 g/mol. The van der Waals surface area contributed by atoms with Crippen LogP contribution in [0.25, 0.3) is 0 Å². The van der Waals surface area contributed by atoms with Gasteiger partial charge in [0.2, 0.25) is 0 Å². The third-order valence-corrected chi connectivity index (χ3v) is 3.57. The van der Waals surface area contributed by atoms with Crippen LogP contribution in [0.4, 0.5) is 0 Å². The molecular formula is C15H18ClN3. The smallest absolute Gasteiger partial charge is 0.0775 e. The lowest BCUT2D eigenvalue weighted by Gasteiger charge is -2.18. The Hall–Kier alpha value is -1.42. The molecule has 1 unspecified atom stereocenters. The van der Waals surface area contributed by atoms with Gasteiger partial charge in [-0.25, -0.2) is 0 Å². The second-order valence-electron chi connectivity index (χ2n) is 4.72. The first-order valence-electron chi connectivity index (χ1n) is 6.24. The largest absolute Gasteiger partial charge is 0.271 e. The minimum atomic E-state index is -0.0887. The number of halogens is 1. The lowest BCUT2D eigenvalue weighted by molar-refractivity contribution is 0.537. The maximum absolute atomic E-state index is 6.18. The van der Waals surface area contributed by atoms with E-state index in [2.05, 4.69) is 42.5 Å². The highest BCUT2D eigenvalue weighted by Gasteiger charge is 2.16. The molecule has 4 heteroatoms. The highest BCUT2D eigenvalue weighted by atomic mass is 35.5. The Balaban J connectivity index is 2.29. The number of benzene rings is 1. The molecule has 0 amide bonds. The lowest BCUT2D eigenvalue weighted by Crippen LogP contribution is -2.30. The van der Waals surface area contributed by atoms with Gasteiger partial charge in [-0.1, -0.05) is 35.4 Å². The van der Waals surface area contributed by atoms with Crippen LogP contribution in [0.3, 0.4) is 0 Å². The molecule has 3 N–H and O–H groups in total. The van der Waals surface area contributed by atoms with Crippen molar-refractivity contribution in [1.29, 1.82) is 0 Å². The van der Waals surface area contributed by atoms with Gasteiger partial charge < -0.3 is 0 Å². The molecule has 0 bridgehead atoms. The summed E-state index contributed by atoms with van der Waals surface area (Å²) in [5.74, 6) is 5.66. The standard InChI is InChI=1S/C15H18ClN3/c1-10-5-6-11(2)12(8-10)9-14(19-17)15-13(16)4-3-7-18-15/h3-8,14,19H,9,17H2,1-2H3. The number of aromatic nitrogens is 1. The number of hydrazine groups is 1. The highest BCUT2D eigenvalue weighted by Crippen LogP contribution is 2.24. The summed E-state index contributed by atoms with van der Waals surface area (Å²) in [5, 5.41) is 0.635. The van der Waals surface area contributed by atoms with E-state index in [1.165, 1.54) is 16.7 Å². The van der Waals surface area contributed by atoms with Crippen molar-refractivity contribution < 1.29 is 0 Å². The van der Waals surface area contributed by atoms with Crippen molar-refractivity contribution in [1.82, 2.24) is 10.4 Å². The second-order valence-corrected chi connectivity index (χ2v) is 5.13. The summed E-state index contributed by atoms with van der Waals surface area (Å²) in [6, 6.07) is 9.97. The second kappa shape index (κ2) is 6.15. The molecular weight excluding hydrogens is 258 g/mol. The molecule has 1 aromatic heterocycles. The zero-order valence-electron chi connectivity index (χ0n) is 11.2. The average Bonchev–Trinajstić information content (AvgIpc) is 2.41. The predicted octanol–water partition coefficient (Wildman–Crippen LogP) is 3.10. The lowest BCUT2D eigenvalue weighted by atomic mass is 9.97. The molecule has 3 nitrogen and oxygen atoms in total. The van der Waals surface area contributed by atoms with Gasteiger partial charge in [-0.15, -0.1) is 0 Å². The molecule has 0 aliphatic carbocycles. The van der Waals surface area contributed by atoms with E-state index < -0.39 is 0 Å². The number of rotatable bonds is 4. The van der Waals surface area contributed by atoms with Crippen molar-refractivity contribution in [2.24, 2.45) is 5.84 Å². The third kappa shape index (κ3) is 3.32. The summed E-state index contributed by atoms with van der Waals surface area (Å²) in [6.45, 7) is 4.18. The molecule has 0 saturated carbocycles. The number of aryl methyl sites for hydroxylation is 2. The summed E-state index contributed by atoms with van der Waals surface area (Å²) >= 11 is 6.18. The molecule has 19 heavy (non-hydrogen) atoms. The first-order valence-corrected chi connectivity index (χ1v) is 6.62. The van der Waals surface area contributed by atoms with Crippen LogP contribution >= 0.6 is 11.6 Å².